The van der Waals surface area contributed by atoms with E-state index in [0.29, 0.717) is 45.8 Å². The molecule has 1 atom stereocenters. The lowest BCUT2D eigenvalue weighted by Gasteiger charge is -2.20. The minimum absolute atomic E-state index is 0.0414. The first-order valence-corrected chi connectivity index (χ1v) is 10.7. The summed E-state index contributed by atoms with van der Waals surface area (Å²) in [6, 6.07) is 10.1. The van der Waals surface area contributed by atoms with Crippen LogP contribution in [0.4, 0.5) is 17.1 Å². The number of nitrogens with one attached hydrogen (secondary N) is 1. The molecule has 7 nitrogen and oxygen atoms in total. The molecule has 0 saturated carbocycles. The first kappa shape index (κ1) is 21.5. The number of methoxy groups -OCH3 is 1. The van der Waals surface area contributed by atoms with Crippen LogP contribution in [0, 0.1) is 5.92 Å². The quantitative estimate of drug-likeness (QED) is 0.725. The molecule has 0 radical (unpaired) electrons. The van der Waals surface area contributed by atoms with Crippen molar-refractivity contribution in [2.45, 2.75) is 19.3 Å². The van der Waals surface area contributed by atoms with E-state index in [1.807, 2.05) is 0 Å². The number of carbonyl (C=O) groups is 3. The minimum Gasteiger partial charge on any atom is -0.495 e. The summed E-state index contributed by atoms with van der Waals surface area (Å²) in [5, 5.41) is 3.69. The van der Waals surface area contributed by atoms with E-state index in [1.165, 1.54) is 12.0 Å². The number of hydrogen-bond donors (Lipinski definition) is 1. The van der Waals surface area contributed by atoms with Gasteiger partial charge in [-0.25, -0.2) is 0 Å². The lowest BCUT2D eigenvalue weighted by molar-refractivity contribution is -0.122. The predicted molar refractivity (Wildman–Crippen MR) is 120 cm³/mol. The Morgan fingerprint density at radius 3 is 2.55 bits per heavy atom. The summed E-state index contributed by atoms with van der Waals surface area (Å²) in [7, 11) is 1.51. The van der Waals surface area contributed by atoms with Crippen molar-refractivity contribution in [2.24, 2.45) is 5.92 Å². The largest absolute Gasteiger partial charge is 0.495 e. The van der Waals surface area contributed by atoms with E-state index in [4.69, 9.17) is 27.9 Å². The Balaban J connectivity index is 1.46. The van der Waals surface area contributed by atoms with Crippen molar-refractivity contribution >= 4 is 58.0 Å². The highest BCUT2D eigenvalue weighted by atomic mass is 35.5. The number of nitrogens with zero attached hydrogens (tertiary/aromatic N) is 2. The Labute approximate surface area is 189 Å². The monoisotopic (exact) mass is 461 g/mol. The highest BCUT2D eigenvalue weighted by Gasteiger charge is 2.36. The van der Waals surface area contributed by atoms with Crippen molar-refractivity contribution in [1.29, 1.82) is 0 Å². The van der Waals surface area contributed by atoms with Crippen LogP contribution in [0.2, 0.25) is 10.0 Å². The molecule has 2 aromatic carbocycles. The summed E-state index contributed by atoms with van der Waals surface area (Å²) < 4.78 is 5.33. The van der Waals surface area contributed by atoms with Crippen LogP contribution in [-0.4, -0.2) is 37.9 Å². The summed E-state index contributed by atoms with van der Waals surface area (Å²) in [5.74, 6) is -0.438. The van der Waals surface area contributed by atoms with E-state index < -0.39 is 5.92 Å². The molecule has 0 unspecified atom stereocenters. The number of rotatable bonds is 5. The zero-order valence-electron chi connectivity index (χ0n) is 16.9. The standard InChI is InChI=1S/C22H21Cl2N3O4/c1-31-19-7-4-14(23)10-18(19)27-12-13(9-21(27)29)22(30)25-15-5-6-17(16(24)11-15)26-8-2-3-20(26)28/h4-7,10-11,13H,2-3,8-9,12H2,1H3,(H,25,30)/t13-/m0/s1. The van der Waals surface area contributed by atoms with Crippen molar-refractivity contribution in [2.75, 3.05) is 35.3 Å². The van der Waals surface area contributed by atoms with E-state index in [0.717, 1.165) is 6.42 Å². The molecule has 9 heteroatoms. The van der Waals surface area contributed by atoms with Crippen LogP contribution in [0.3, 0.4) is 0 Å². The fourth-order valence-corrected chi connectivity index (χ4v) is 4.39. The molecule has 2 aliphatic heterocycles. The number of carbonyl (C=O) groups excluding carboxylic acids is 3. The van der Waals surface area contributed by atoms with Crippen LogP contribution >= 0.6 is 23.2 Å². The molecule has 2 fully saturated rings. The van der Waals surface area contributed by atoms with E-state index in [-0.39, 0.29) is 30.7 Å². The van der Waals surface area contributed by atoms with Crippen molar-refractivity contribution in [3.63, 3.8) is 0 Å². The van der Waals surface area contributed by atoms with Gasteiger partial charge in [0.1, 0.15) is 5.75 Å². The highest BCUT2D eigenvalue weighted by Crippen LogP contribution is 2.36. The van der Waals surface area contributed by atoms with Gasteiger partial charge in [-0.1, -0.05) is 23.2 Å². The number of benzene rings is 2. The topological polar surface area (TPSA) is 79.0 Å². The third-order valence-corrected chi connectivity index (χ3v) is 6.04. The average molecular weight is 462 g/mol. The van der Waals surface area contributed by atoms with Crippen molar-refractivity contribution in [1.82, 2.24) is 0 Å². The summed E-state index contributed by atoms with van der Waals surface area (Å²) in [6.07, 6.45) is 1.39. The van der Waals surface area contributed by atoms with E-state index in [2.05, 4.69) is 5.32 Å². The average Bonchev–Trinajstić information content (AvgIpc) is 3.33. The molecule has 4 rings (SSSR count). The number of amides is 3. The van der Waals surface area contributed by atoms with Gasteiger partial charge in [0.2, 0.25) is 17.7 Å². The van der Waals surface area contributed by atoms with Gasteiger partial charge in [0.15, 0.2) is 0 Å². The predicted octanol–water partition coefficient (Wildman–Crippen LogP) is 4.12. The van der Waals surface area contributed by atoms with Gasteiger partial charge in [-0.05, 0) is 42.8 Å². The number of halogens is 2. The molecule has 2 heterocycles. The Morgan fingerprint density at radius 1 is 1.06 bits per heavy atom. The highest BCUT2D eigenvalue weighted by molar-refractivity contribution is 6.34. The summed E-state index contributed by atoms with van der Waals surface area (Å²) in [5.41, 5.74) is 1.69. The van der Waals surface area contributed by atoms with E-state index >= 15 is 0 Å². The smallest absolute Gasteiger partial charge is 0.229 e. The second-order valence-electron chi connectivity index (χ2n) is 7.53. The van der Waals surface area contributed by atoms with Crippen LogP contribution < -0.4 is 19.9 Å². The van der Waals surface area contributed by atoms with Crippen molar-refractivity contribution < 1.29 is 19.1 Å². The van der Waals surface area contributed by atoms with Crippen LogP contribution in [-0.2, 0) is 14.4 Å². The molecular weight excluding hydrogens is 441 g/mol. The van der Waals surface area contributed by atoms with Gasteiger partial charge >= 0.3 is 0 Å². The molecular formula is C22H21Cl2N3O4. The molecule has 162 valence electrons. The molecule has 0 bridgehead atoms. The first-order valence-electron chi connectivity index (χ1n) is 9.92. The first-order chi connectivity index (χ1) is 14.9. The van der Waals surface area contributed by atoms with Crippen LogP contribution in [0.1, 0.15) is 19.3 Å². The Hall–Kier alpha value is -2.77. The zero-order chi connectivity index (χ0) is 22.1. The van der Waals surface area contributed by atoms with Crippen molar-refractivity contribution in [3.05, 3.63) is 46.4 Å². The molecule has 2 saturated heterocycles. The summed E-state index contributed by atoms with van der Waals surface area (Å²) >= 11 is 12.4. The number of hydrogen-bond acceptors (Lipinski definition) is 4. The number of anilines is 3. The molecule has 0 aliphatic carbocycles. The fraction of sp³-hybridized carbons (Fsp3) is 0.318. The maximum Gasteiger partial charge on any atom is 0.229 e. The van der Waals surface area contributed by atoms with Gasteiger partial charge in [-0.2, -0.15) is 0 Å². The zero-order valence-corrected chi connectivity index (χ0v) is 18.4. The second-order valence-corrected chi connectivity index (χ2v) is 8.37. The normalized spacial score (nSPS) is 18.6. The van der Waals surface area contributed by atoms with Crippen LogP contribution in [0.5, 0.6) is 5.75 Å². The molecule has 2 aromatic rings. The molecule has 1 N–H and O–H groups in total. The van der Waals surface area contributed by atoms with Gasteiger partial charge in [0, 0.05) is 36.6 Å². The van der Waals surface area contributed by atoms with E-state index in [9.17, 15) is 14.4 Å². The SMILES string of the molecule is COc1ccc(Cl)cc1N1C[C@@H](C(=O)Nc2ccc(N3CCCC3=O)c(Cl)c2)CC1=O. The Morgan fingerprint density at radius 2 is 1.87 bits per heavy atom. The third kappa shape index (κ3) is 4.34. The number of ether oxygens (including phenoxy) is 1. The fourth-order valence-electron chi connectivity index (χ4n) is 3.94. The summed E-state index contributed by atoms with van der Waals surface area (Å²) in [6.45, 7) is 0.854. The lowest BCUT2D eigenvalue weighted by Crippen LogP contribution is -2.28. The second kappa shape index (κ2) is 8.77. The van der Waals surface area contributed by atoms with Gasteiger partial charge in [0.25, 0.3) is 0 Å². The van der Waals surface area contributed by atoms with Gasteiger partial charge in [0.05, 0.1) is 29.4 Å². The Kier molecular flexibility index (Phi) is 6.07. The summed E-state index contributed by atoms with van der Waals surface area (Å²) in [4.78, 5) is 40.5. The molecule has 3 amide bonds. The molecule has 0 spiro atoms. The maximum absolute atomic E-state index is 12.8. The maximum atomic E-state index is 12.8. The van der Waals surface area contributed by atoms with Gasteiger partial charge in [-0.3, -0.25) is 14.4 Å². The van der Waals surface area contributed by atoms with Crippen molar-refractivity contribution in [3.8, 4) is 5.75 Å². The molecule has 2 aliphatic rings. The minimum atomic E-state index is -0.533. The van der Waals surface area contributed by atoms with Crippen LogP contribution in [0.15, 0.2) is 36.4 Å². The van der Waals surface area contributed by atoms with E-state index in [1.54, 1.807) is 41.3 Å². The van der Waals surface area contributed by atoms with Gasteiger partial charge < -0.3 is 19.9 Å². The molecule has 31 heavy (non-hydrogen) atoms. The lowest BCUT2D eigenvalue weighted by atomic mass is 10.1. The Bertz CT molecular complexity index is 1060. The van der Waals surface area contributed by atoms with Crippen LogP contribution in [0.25, 0.3) is 0 Å². The molecule has 0 aromatic heterocycles. The van der Waals surface area contributed by atoms with Gasteiger partial charge in [-0.15, -0.1) is 0 Å². The third-order valence-electron chi connectivity index (χ3n) is 5.51.